The molecular weight excluding hydrogens is 354 g/mol. The zero-order valence-corrected chi connectivity index (χ0v) is 15.1. The van der Waals surface area contributed by atoms with Crippen LogP contribution in [0.25, 0.3) is 0 Å². The van der Waals surface area contributed by atoms with Gasteiger partial charge >= 0.3 is 0 Å². The van der Waals surface area contributed by atoms with Crippen LogP contribution in [-0.4, -0.2) is 33.5 Å². The van der Waals surface area contributed by atoms with Gasteiger partial charge in [0.1, 0.15) is 5.82 Å². The Kier molecular flexibility index (Phi) is 4.81. The first kappa shape index (κ1) is 17.7. The van der Waals surface area contributed by atoms with Gasteiger partial charge in [0.05, 0.1) is 11.4 Å². The van der Waals surface area contributed by atoms with Crippen molar-refractivity contribution in [3.8, 4) is 0 Å². The number of rotatable bonds is 5. The molecule has 0 atom stereocenters. The fourth-order valence-electron chi connectivity index (χ4n) is 2.14. The third-order valence-electron chi connectivity index (χ3n) is 3.61. The van der Waals surface area contributed by atoms with E-state index in [0.29, 0.717) is 5.82 Å². The Balaban J connectivity index is 1.73. The van der Waals surface area contributed by atoms with E-state index < -0.39 is 15.9 Å². The molecule has 0 bridgehead atoms. The summed E-state index contributed by atoms with van der Waals surface area (Å²) in [6.07, 6.45) is 4.54. The molecule has 3 aromatic rings. The van der Waals surface area contributed by atoms with Gasteiger partial charge in [-0.1, -0.05) is 17.7 Å². The summed E-state index contributed by atoms with van der Waals surface area (Å²) in [7, 11) is -3.84. The minimum Gasteiger partial charge on any atom is -0.343 e. The summed E-state index contributed by atoms with van der Waals surface area (Å²) in [4.78, 5) is 20.4. The van der Waals surface area contributed by atoms with Crippen molar-refractivity contribution in [2.45, 2.75) is 25.3 Å². The van der Waals surface area contributed by atoms with Crippen LogP contribution in [0.1, 0.15) is 27.4 Å². The van der Waals surface area contributed by atoms with Gasteiger partial charge in [0.15, 0.2) is 5.69 Å². The van der Waals surface area contributed by atoms with E-state index in [0.717, 1.165) is 15.2 Å². The normalized spacial score (nSPS) is 11.3. The smallest absolute Gasteiger partial charge is 0.282 e. The minimum absolute atomic E-state index is 0.00667. The maximum Gasteiger partial charge on any atom is 0.282 e. The molecule has 2 heterocycles. The van der Waals surface area contributed by atoms with E-state index in [9.17, 15) is 13.2 Å². The van der Waals surface area contributed by atoms with Gasteiger partial charge in [0.2, 0.25) is 0 Å². The van der Waals surface area contributed by atoms with Gasteiger partial charge in [-0.2, -0.15) is 17.6 Å². The predicted octanol–water partition coefficient (Wildman–Crippen LogP) is 1.46. The number of hydrogen-bond acceptors (Lipinski definition) is 6. The van der Waals surface area contributed by atoms with Crippen LogP contribution in [0.3, 0.4) is 0 Å². The third-order valence-corrected chi connectivity index (χ3v) is 5.17. The number of hydrogen-bond donors (Lipinski definition) is 1. The second-order valence-electron chi connectivity index (χ2n) is 5.75. The molecule has 0 aliphatic rings. The first-order chi connectivity index (χ1) is 12.4. The lowest BCUT2D eigenvalue weighted by molar-refractivity contribution is 0.0944. The quantitative estimate of drug-likeness (QED) is 0.728. The Morgan fingerprint density at radius 1 is 1.04 bits per heavy atom. The van der Waals surface area contributed by atoms with Crippen molar-refractivity contribution in [1.29, 1.82) is 0 Å². The molecule has 26 heavy (non-hydrogen) atoms. The van der Waals surface area contributed by atoms with Crippen LogP contribution in [-0.2, 0) is 16.6 Å². The highest BCUT2D eigenvalue weighted by molar-refractivity contribution is 7.89. The SMILES string of the molecule is Cc1ccc(S(=O)(=O)n2ccc(C(=O)NCc3ncc(C)cn3)n2)cc1. The molecule has 3 rings (SSSR count). The Labute approximate surface area is 151 Å². The van der Waals surface area contributed by atoms with Crippen LogP contribution in [0.5, 0.6) is 0 Å². The Bertz CT molecular complexity index is 1030. The average Bonchev–Trinajstić information content (AvgIpc) is 3.12. The molecular formula is C17H17N5O3S. The molecule has 0 saturated carbocycles. The first-order valence-corrected chi connectivity index (χ1v) is 9.24. The third kappa shape index (κ3) is 3.77. The zero-order chi connectivity index (χ0) is 18.7. The molecule has 1 N–H and O–H groups in total. The molecule has 1 amide bonds. The zero-order valence-electron chi connectivity index (χ0n) is 14.2. The largest absolute Gasteiger partial charge is 0.343 e. The molecule has 0 fully saturated rings. The topological polar surface area (TPSA) is 107 Å². The second kappa shape index (κ2) is 7.04. The van der Waals surface area contributed by atoms with E-state index >= 15 is 0 Å². The summed E-state index contributed by atoms with van der Waals surface area (Å²) >= 11 is 0. The fourth-order valence-corrected chi connectivity index (χ4v) is 3.25. The molecule has 0 radical (unpaired) electrons. The van der Waals surface area contributed by atoms with Gasteiger partial charge in [-0.25, -0.2) is 9.97 Å². The molecule has 0 spiro atoms. The summed E-state index contributed by atoms with van der Waals surface area (Å²) in [5, 5.41) is 6.50. The standard InChI is InChI=1S/C17H17N5O3S/c1-12-3-5-14(6-4-12)26(24,25)22-8-7-15(21-22)17(23)20-11-16-18-9-13(2)10-19-16/h3-10H,11H2,1-2H3,(H,20,23). The molecule has 134 valence electrons. The Morgan fingerprint density at radius 3 is 2.35 bits per heavy atom. The molecule has 8 nitrogen and oxygen atoms in total. The Morgan fingerprint density at radius 2 is 1.69 bits per heavy atom. The first-order valence-electron chi connectivity index (χ1n) is 7.80. The lowest BCUT2D eigenvalue weighted by Gasteiger charge is -2.05. The van der Waals surface area contributed by atoms with Crippen LogP contribution >= 0.6 is 0 Å². The van der Waals surface area contributed by atoms with Crippen molar-refractivity contribution >= 4 is 15.9 Å². The van der Waals surface area contributed by atoms with Gasteiger partial charge in [0, 0.05) is 18.6 Å². The molecule has 0 aliphatic carbocycles. The van der Waals surface area contributed by atoms with Crippen LogP contribution in [0, 0.1) is 13.8 Å². The number of aryl methyl sites for hydroxylation is 2. The summed E-state index contributed by atoms with van der Waals surface area (Å²) in [6, 6.07) is 7.75. The highest BCUT2D eigenvalue weighted by atomic mass is 32.2. The van der Waals surface area contributed by atoms with Crippen molar-refractivity contribution in [3.05, 3.63) is 71.6 Å². The lowest BCUT2D eigenvalue weighted by Crippen LogP contribution is -2.25. The van der Waals surface area contributed by atoms with Crippen molar-refractivity contribution in [2.24, 2.45) is 0 Å². The minimum atomic E-state index is -3.84. The maximum absolute atomic E-state index is 12.5. The van der Waals surface area contributed by atoms with Crippen LogP contribution < -0.4 is 5.32 Å². The van der Waals surface area contributed by atoms with E-state index in [-0.39, 0.29) is 17.1 Å². The molecule has 2 aromatic heterocycles. The molecule has 0 unspecified atom stereocenters. The van der Waals surface area contributed by atoms with E-state index in [1.807, 2.05) is 13.8 Å². The Hall–Kier alpha value is -3.07. The number of carbonyl (C=O) groups is 1. The van der Waals surface area contributed by atoms with E-state index in [1.165, 1.54) is 24.4 Å². The highest BCUT2D eigenvalue weighted by Crippen LogP contribution is 2.14. The van der Waals surface area contributed by atoms with Crippen LogP contribution in [0.4, 0.5) is 0 Å². The fraction of sp³-hybridized carbons (Fsp3) is 0.176. The predicted molar refractivity (Wildman–Crippen MR) is 93.9 cm³/mol. The summed E-state index contributed by atoms with van der Waals surface area (Å²) in [5.41, 5.74) is 1.86. The van der Waals surface area contributed by atoms with Crippen LogP contribution in [0.2, 0.25) is 0 Å². The van der Waals surface area contributed by atoms with E-state index in [1.54, 1.807) is 24.5 Å². The van der Waals surface area contributed by atoms with Crippen LogP contribution in [0.15, 0.2) is 53.8 Å². The molecule has 1 aromatic carbocycles. The van der Waals surface area contributed by atoms with Crippen molar-refractivity contribution in [2.75, 3.05) is 0 Å². The molecule has 0 saturated heterocycles. The average molecular weight is 371 g/mol. The van der Waals surface area contributed by atoms with Gasteiger partial charge < -0.3 is 5.32 Å². The van der Waals surface area contributed by atoms with Gasteiger partial charge in [-0.05, 0) is 37.6 Å². The number of amides is 1. The van der Waals surface area contributed by atoms with Gasteiger partial charge in [-0.15, -0.1) is 0 Å². The number of nitrogens with zero attached hydrogens (tertiary/aromatic N) is 4. The molecule has 0 aliphatic heterocycles. The molecule has 9 heteroatoms. The maximum atomic E-state index is 12.5. The van der Waals surface area contributed by atoms with E-state index in [2.05, 4.69) is 20.4 Å². The number of nitrogens with one attached hydrogen (secondary N) is 1. The van der Waals surface area contributed by atoms with Gasteiger partial charge in [0.25, 0.3) is 15.9 Å². The number of aromatic nitrogens is 4. The van der Waals surface area contributed by atoms with Crippen molar-refractivity contribution < 1.29 is 13.2 Å². The summed E-state index contributed by atoms with van der Waals surface area (Å²) in [5.74, 6) is -0.0531. The lowest BCUT2D eigenvalue weighted by atomic mass is 10.2. The highest BCUT2D eigenvalue weighted by Gasteiger charge is 2.20. The number of carbonyl (C=O) groups excluding carboxylic acids is 1. The van der Waals surface area contributed by atoms with Gasteiger partial charge in [-0.3, -0.25) is 4.79 Å². The number of benzene rings is 1. The second-order valence-corrected chi connectivity index (χ2v) is 7.55. The summed E-state index contributed by atoms with van der Waals surface area (Å²) < 4.78 is 25.9. The van der Waals surface area contributed by atoms with Crippen molar-refractivity contribution in [1.82, 2.24) is 24.5 Å². The summed E-state index contributed by atoms with van der Waals surface area (Å²) in [6.45, 7) is 3.85. The van der Waals surface area contributed by atoms with E-state index in [4.69, 9.17) is 0 Å². The monoisotopic (exact) mass is 371 g/mol. The van der Waals surface area contributed by atoms with Crippen molar-refractivity contribution in [3.63, 3.8) is 0 Å².